The summed E-state index contributed by atoms with van der Waals surface area (Å²) in [4.78, 5) is 0. The lowest BCUT2D eigenvalue weighted by atomic mass is 9.69. The molecule has 0 aromatic carbocycles. The maximum absolute atomic E-state index is 6.58. The first-order chi connectivity index (χ1) is 10.8. The fraction of sp³-hybridized carbons (Fsp3) is 1.00. The minimum atomic E-state index is 0.387. The first-order valence-corrected chi connectivity index (χ1v) is 10.1. The molecule has 0 bridgehead atoms. The number of ether oxygens (including phenoxy) is 2. The molecule has 0 aliphatic carbocycles. The van der Waals surface area contributed by atoms with E-state index in [-0.39, 0.29) is 0 Å². The van der Waals surface area contributed by atoms with Crippen molar-refractivity contribution >= 4 is 0 Å². The van der Waals surface area contributed by atoms with Crippen molar-refractivity contribution in [3.8, 4) is 0 Å². The maximum Gasteiger partial charge on any atom is 0.0610 e. The predicted molar refractivity (Wildman–Crippen MR) is 97.5 cm³/mol. The van der Waals surface area contributed by atoms with Gasteiger partial charge in [0.15, 0.2) is 0 Å². The Bertz CT molecular complexity index is 365. The Balaban J connectivity index is 2.11. The van der Waals surface area contributed by atoms with Gasteiger partial charge in [-0.2, -0.15) is 0 Å². The average molecular weight is 325 g/mol. The molecule has 0 amide bonds. The van der Waals surface area contributed by atoms with Crippen molar-refractivity contribution in [3.63, 3.8) is 0 Å². The standard InChI is InChI=1S/C21H40O2/c1-9-19-15(6)12(3)16(7)21(23-19)11-18-14(5)13(4)17(8)22-20(18)10-2/h12-21H,9-11H2,1-8H3. The summed E-state index contributed by atoms with van der Waals surface area (Å²) >= 11 is 0. The van der Waals surface area contributed by atoms with Gasteiger partial charge in [0.2, 0.25) is 0 Å². The van der Waals surface area contributed by atoms with Crippen molar-refractivity contribution in [3.05, 3.63) is 0 Å². The molecular formula is C21H40O2. The molecular weight excluding hydrogens is 284 g/mol. The van der Waals surface area contributed by atoms with Gasteiger partial charge in [-0.05, 0) is 61.7 Å². The molecule has 2 saturated heterocycles. The van der Waals surface area contributed by atoms with Gasteiger partial charge in [0.05, 0.1) is 24.4 Å². The lowest BCUT2D eigenvalue weighted by Gasteiger charge is -2.49. The zero-order chi connectivity index (χ0) is 17.3. The first kappa shape index (κ1) is 19.2. The summed E-state index contributed by atoms with van der Waals surface area (Å²) < 4.78 is 12.9. The highest BCUT2D eigenvalue weighted by Crippen LogP contribution is 2.43. The third kappa shape index (κ3) is 3.79. The molecule has 2 nitrogen and oxygen atoms in total. The summed E-state index contributed by atoms with van der Waals surface area (Å²) in [6, 6.07) is 0. The maximum atomic E-state index is 6.58. The number of rotatable bonds is 4. The van der Waals surface area contributed by atoms with E-state index in [0.717, 1.165) is 18.8 Å². The molecule has 0 radical (unpaired) electrons. The highest BCUT2D eigenvalue weighted by molar-refractivity contribution is 4.92. The topological polar surface area (TPSA) is 18.5 Å². The van der Waals surface area contributed by atoms with Crippen molar-refractivity contribution in [1.29, 1.82) is 0 Å². The highest BCUT2D eigenvalue weighted by Gasteiger charge is 2.44. The van der Waals surface area contributed by atoms with Crippen molar-refractivity contribution in [1.82, 2.24) is 0 Å². The van der Waals surface area contributed by atoms with Crippen LogP contribution in [-0.2, 0) is 9.47 Å². The average Bonchev–Trinajstić information content (AvgIpc) is 2.55. The van der Waals surface area contributed by atoms with E-state index < -0.39 is 0 Å². The van der Waals surface area contributed by atoms with Crippen LogP contribution >= 0.6 is 0 Å². The van der Waals surface area contributed by atoms with Crippen LogP contribution in [0.4, 0.5) is 0 Å². The third-order valence-corrected chi connectivity index (χ3v) is 7.60. The zero-order valence-electron chi connectivity index (χ0n) is 16.7. The van der Waals surface area contributed by atoms with Gasteiger partial charge in [-0.3, -0.25) is 0 Å². The summed E-state index contributed by atoms with van der Waals surface area (Å²) in [5, 5.41) is 0. The van der Waals surface area contributed by atoms with Crippen LogP contribution in [-0.4, -0.2) is 24.4 Å². The minimum absolute atomic E-state index is 0.387. The van der Waals surface area contributed by atoms with E-state index >= 15 is 0 Å². The number of hydrogen-bond donors (Lipinski definition) is 0. The highest BCUT2D eigenvalue weighted by atomic mass is 16.5. The Morgan fingerprint density at radius 1 is 0.565 bits per heavy atom. The molecule has 136 valence electrons. The summed E-state index contributed by atoms with van der Waals surface area (Å²) in [6.07, 6.45) is 5.05. The van der Waals surface area contributed by atoms with E-state index in [0.29, 0.717) is 54.0 Å². The Labute approximate surface area is 144 Å². The fourth-order valence-corrected chi connectivity index (χ4v) is 5.06. The van der Waals surface area contributed by atoms with Gasteiger partial charge in [0.25, 0.3) is 0 Å². The van der Waals surface area contributed by atoms with Crippen molar-refractivity contribution in [2.75, 3.05) is 0 Å². The van der Waals surface area contributed by atoms with Gasteiger partial charge in [-0.1, -0.05) is 48.5 Å². The van der Waals surface area contributed by atoms with Crippen LogP contribution in [0.3, 0.4) is 0 Å². The molecule has 2 aliphatic rings. The second-order valence-corrected chi connectivity index (χ2v) is 8.60. The van der Waals surface area contributed by atoms with Crippen LogP contribution in [0.25, 0.3) is 0 Å². The van der Waals surface area contributed by atoms with E-state index in [1.807, 2.05) is 0 Å². The molecule has 10 atom stereocenters. The summed E-state index contributed by atoms with van der Waals surface area (Å²) in [5.74, 6) is 4.06. The van der Waals surface area contributed by atoms with E-state index in [1.54, 1.807) is 0 Å². The lowest BCUT2D eigenvalue weighted by molar-refractivity contribution is -0.174. The molecule has 2 aliphatic heterocycles. The zero-order valence-corrected chi connectivity index (χ0v) is 16.7. The van der Waals surface area contributed by atoms with Crippen LogP contribution in [0.15, 0.2) is 0 Å². The summed E-state index contributed by atoms with van der Waals surface area (Å²) in [7, 11) is 0. The largest absolute Gasteiger partial charge is 0.375 e. The van der Waals surface area contributed by atoms with Gasteiger partial charge in [-0.25, -0.2) is 0 Å². The van der Waals surface area contributed by atoms with Crippen molar-refractivity contribution < 1.29 is 9.47 Å². The van der Waals surface area contributed by atoms with Gasteiger partial charge in [0, 0.05) is 0 Å². The number of hydrogen-bond acceptors (Lipinski definition) is 2. The van der Waals surface area contributed by atoms with E-state index in [9.17, 15) is 0 Å². The molecule has 0 saturated carbocycles. The van der Waals surface area contributed by atoms with Gasteiger partial charge >= 0.3 is 0 Å². The quantitative estimate of drug-likeness (QED) is 0.675. The molecule has 0 spiro atoms. The molecule has 0 aromatic heterocycles. The Morgan fingerprint density at radius 3 is 1.70 bits per heavy atom. The van der Waals surface area contributed by atoms with E-state index in [1.165, 1.54) is 6.42 Å². The normalized spacial score (nSPS) is 51.7. The third-order valence-electron chi connectivity index (χ3n) is 7.60. The fourth-order valence-electron chi connectivity index (χ4n) is 5.06. The van der Waals surface area contributed by atoms with Crippen molar-refractivity contribution in [2.24, 2.45) is 35.5 Å². The Hall–Kier alpha value is -0.0800. The second-order valence-electron chi connectivity index (χ2n) is 8.60. The van der Waals surface area contributed by atoms with Crippen LogP contribution in [0, 0.1) is 35.5 Å². The van der Waals surface area contributed by atoms with Gasteiger partial charge < -0.3 is 9.47 Å². The molecule has 2 heteroatoms. The summed E-state index contributed by atoms with van der Waals surface area (Å²) in [6.45, 7) is 18.8. The van der Waals surface area contributed by atoms with Crippen LogP contribution in [0.2, 0.25) is 0 Å². The van der Waals surface area contributed by atoms with Gasteiger partial charge in [0.1, 0.15) is 0 Å². The lowest BCUT2D eigenvalue weighted by Crippen LogP contribution is -2.49. The van der Waals surface area contributed by atoms with E-state index in [4.69, 9.17) is 9.47 Å². The molecule has 2 heterocycles. The minimum Gasteiger partial charge on any atom is -0.375 e. The Kier molecular flexibility index (Phi) is 6.58. The molecule has 2 rings (SSSR count). The van der Waals surface area contributed by atoms with Crippen LogP contribution in [0.5, 0.6) is 0 Å². The smallest absolute Gasteiger partial charge is 0.0610 e. The van der Waals surface area contributed by atoms with Crippen LogP contribution < -0.4 is 0 Å². The SMILES string of the molecule is CCC1OC(CC2C(CC)OC(C)C(C)C2C)C(C)C(C)C1C. The molecule has 0 aromatic rings. The van der Waals surface area contributed by atoms with Gasteiger partial charge in [-0.15, -0.1) is 0 Å². The molecule has 10 unspecified atom stereocenters. The molecule has 2 fully saturated rings. The molecule has 23 heavy (non-hydrogen) atoms. The predicted octanol–water partition coefficient (Wildman–Crippen LogP) is 5.55. The molecule has 0 N–H and O–H groups in total. The van der Waals surface area contributed by atoms with E-state index in [2.05, 4.69) is 55.4 Å². The van der Waals surface area contributed by atoms with Crippen LogP contribution in [0.1, 0.15) is 74.7 Å². The summed E-state index contributed by atoms with van der Waals surface area (Å²) in [5.41, 5.74) is 0. The second kappa shape index (κ2) is 7.87. The Morgan fingerprint density at radius 2 is 1.13 bits per heavy atom. The monoisotopic (exact) mass is 324 g/mol. The van der Waals surface area contributed by atoms with Crippen molar-refractivity contribution in [2.45, 2.75) is 99.1 Å². The first-order valence-electron chi connectivity index (χ1n) is 10.1.